The minimum absolute atomic E-state index is 0.270. The van der Waals surface area contributed by atoms with Gasteiger partial charge in [0.05, 0.1) is 5.52 Å². The molecule has 102 valence electrons. The van der Waals surface area contributed by atoms with Crippen molar-refractivity contribution in [2.24, 2.45) is 5.92 Å². The van der Waals surface area contributed by atoms with E-state index in [0.717, 1.165) is 12.1 Å². The quantitative estimate of drug-likeness (QED) is 0.807. The number of aromatic amines is 1. The van der Waals surface area contributed by atoms with E-state index in [1.807, 2.05) is 4.57 Å². The molecule has 0 atom stereocenters. The second kappa shape index (κ2) is 4.28. The molecule has 0 aliphatic heterocycles. The molecule has 0 saturated heterocycles. The van der Waals surface area contributed by atoms with E-state index in [4.69, 9.17) is 11.6 Å². The highest BCUT2D eigenvalue weighted by atomic mass is 35.5. The van der Waals surface area contributed by atoms with Gasteiger partial charge in [-0.15, -0.1) is 10.2 Å². The number of tetrazole rings is 1. The van der Waals surface area contributed by atoms with Crippen LogP contribution in [0, 0.1) is 11.7 Å². The normalized spacial score (nSPS) is 15.1. The van der Waals surface area contributed by atoms with Gasteiger partial charge in [-0.25, -0.2) is 4.39 Å². The van der Waals surface area contributed by atoms with Crippen LogP contribution in [0.5, 0.6) is 0 Å². The third-order valence-electron chi connectivity index (χ3n) is 3.63. The molecule has 0 radical (unpaired) electrons. The lowest BCUT2D eigenvalue weighted by Crippen LogP contribution is -1.99. The summed E-state index contributed by atoms with van der Waals surface area (Å²) in [7, 11) is 0. The van der Waals surface area contributed by atoms with Crippen LogP contribution in [0.15, 0.2) is 18.3 Å². The van der Waals surface area contributed by atoms with Crippen molar-refractivity contribution in [3.8, 4) is 11.4 Å². The van der Waals surface area contributed by atoms with Gasteiger partial charge in [0.25, 0.3) is 0 Å². The van der Waals surface area contributed by atoms with Crippen molar-refractivity contribution in [2.45, 2.75) is 19.4 Å². The van der Waals surface area contributed by atoms with Crippen LogP contribution in [-0.2, 0) is 6.54 Å². The molecule has 1 aliphatic carbocycles. The summed E-state index contributed by atoms with van der Waals surface area (Å²) in [6.07, 6.45) is 3.93. The van der Waals surface area contributed by atoms with Crippen LogP contribution < -0.4 is 0 Å². The molecular formula is C13H11ClFN5. The summed E-state index contributed by atoms with van der Waals surface area (Å²) >= 11 is 6.08. The van der Waals surface area contributed by atoms with Crippen molar-refractivity contribution in [2.75, 3.05) is 0 Å². The molecule has 1 aromatic carbocycles. The lowest BCUT2D eigenvalue weighted by atomic mass is 10.1. The molecule has 0 unspecified atom stereocenters. The molecule has 2 heterocycles. The monoisotopic (exact) mass is 291 g/mol. The lowest BCUT2D eigenvalue weighted by molar-refractivity contribution is 0.603. The Morgan fingerprint density at radius 3 is 2.95 bits per heavy atom. The lowest BCUT2D eigenvalue weighted by Gasteiger charge is -2.07. The highest BCUT2D eigenvalue weighted by molar-refractivity contribution is 6.31. The van der Waals surface area contributed by atoms with Crippen LogP contribution in [0.25, 0.3) is 22.3 Å². The molecule has 20 heavy (non-hydrogen) atoms. The van der Waals surface area contributed by atoms with E-state index in [1.165, 1.54) is 19.0 Å². The van der Waals surface area contributed by atoms with Crippen molar-refractivity contribution in [1.82, 2.24) is 25.2 Å². The summed E-state index contributed by atoms with van der Waals surface area (Å²) in [6.45, 7) is 0.812. The van der Waals surface area contributed by atoms with Crippen LogP contribution in [0.1, 0.15) is 12.8 Å². The maximum Gasteiger partial charge on any atom is 0.206 e. The number of aromatic nitrogens is 5. The summed E-state index contributed by atoms with van der Waals surface area (Å²) in [5.41, 5.74) is 1.48. The number of fused-ring (bicyclic) bond motifs is 1. The Hall–Kier alpha value is -1.95. The van der Waals surface area contributed by atoms with Gasteiger partial charge in [0, 0.05) is 28.7 Å². The molecule has 0 spiro atoms. The summed E-state index contributed by atoms with van der Waals surface area (Å²) in [5, 5.41) is 14.9. The predicted molar refractivity (Wildman–Crippen MR) is 72.8 cm³/mol. The first-order valence-corrected chi connectivity index (χ1v) is 6.82. The minimum Gasteiger partial charge on any atom is -0.344 e. The largest absolute Gasteiger partial charge is 0.344 e. The first-order valence-electron chi connectivity index (χ1n) is 6.44. The number of halogens is 2. The van der Waals surface area contributed by atoms with Crippen LogP contribution in [0.3, 0.4) is 0 Å². The highest BCUT2D eigenvalue weighted by Crippen LogP contribution is 2.36. The summed E-state index contributed by atoms with van der Waals surface area (Å²) < 4.78 is 16.1. The Morgan fingerprint density at radius 2 is 2.25 bits per heavy atom. The van der Waals surface area contributed by atoms with E-state index in [0.29, 0.717) is 27.7 Å². The Balaban J connectivity index is 2.00. The van der Waals surface area contributed by atoms with E-state index in [-0.39, 0.29) is 5.82 Å². The molecule has 1 N–H and O–H groups in total. The van der Waals surface area contributed by atoms with Crippen LogP contribution >= 0.6 is 11.6 Å². The fourth-order valence-electron chi connectivity index (χ4n) is 2.53. The van der Waals surface area contributed by atoms with Crippen LogP contribution in [-0.4, -0.2) is 25.2 Å². The number of hydrogen-bond acceptors (Lipinski definition) is 3. The van der Waals surface area contributed by atoms with Gasteiger partial charge in [-0.2, -0.15) is 5.21 Å². The van der Waals surface area contributed by atoms with Crippen LogP contribution in [0.2, 0.25) is 5.02 Å². The second-order valence-electron chi connectivity index (χ2n) is 5.16. The maximum absolute atomic E-state index is 14.1. The topological polar surface area (TPSA) is 59.4 Å². The first kappa shape index (κ1) is 11.8. The molecule has 2 aromatic heterocycles. The van der Waals surface area contributed by atoms with Crippen molar-refractivity contribution in [1.29, 1.82) is 0 Å². The van der Waals surface area contributed by atoms with Crippen molar-refractivity contribution in [3.05, 3.63) is 29.2 Å². The average Bonchev–Trinajstić information content (AvgIpc) is 2.97. The third kappa shape index (κ3) is 1.87. The molecule has 1 saturated carbocycles. The first-order chi connectivity index (χ1) is 9.72. The Labute approximate surface area is 118 Å². The standard InChI is InChI=1S/C13H11ClFN5/c14-8-3-9-11(15)6-20(5-7-1-2-7)12(9)10(4-8)13-16-18-19-17-13/h3-4,6-7H,1-2,5H2,(H,16,17,18,19). The minimum atomic E-state index is -0.270. The fraction of sp³-hybridized carbons (Fsp3) is 0.308. The van der Waals surface area contributed by atoms with Gasteiger partial charge in [0.2, 0.25) is 5.82 Å². The van der Waals surface area contributed by atoms with E-state index in [2.05, 4.69) is 20.6 Å². The van der Waals surface area contributed by atoms with Gasteiger partial charge in [-0.3, -0.25) is 0 Å². The number of H-pyrrole nitrogens is 1. The Bertz CT molecular complexity index is 776. The number of benzene rings is 1. The van der Waals surface area contributed by atoms with Gasteiger partial charge in [0.1, 0.15) is 5.82 Å². The zero-order chi connectivity index (χ0) is 13.7. The van der Waals surface area contributed by atoms with E-state index < -0.39 is 0 Å². The second-order valence-corrected chi connectivity index (χ2v) is 5.59. The summed E-state index contributed by atoms with van der Waals surface area (Å²) in [4.78, 5) is 0. The highest BCUT2D eigenvalue weighted by Gasteiger charge is 2.24. The smallest absolute Gasteiger partial charge is 0.206 e. The maximum atomic E-state index is 14.1. The van der Waals surface area contributed by atoms with Gasteiger partial charge in [0.15, 0.2) is 0 Å². The molecule has 0 amide bonds. The van der Waals surface area contributed by atoms with Gasteiger partial charge in [-0.1, -0.05) is 11.6 Å². The number of rotatable bonds is 3. The molecule has 5 nitrogen and oxygen atoms in total. The zero-order valence-electron chi connectivity index (χ0n) is 10.5. The molecule has 4 rings (SSSR count). The molecular weight excluding hydrogens is 281 g/mol. The van der Waals surface area contributed by atoms with Crippen molar-refractivity contribution >= 4 is 22.5 Å². The van der Waals surface area contributed by atoms with E-state index >= 15 is 0 Å². The summed E-state index contributed by atoms with van der Waals surface area (Å²) in [6, 6.07) is 3.39. The number of nitrogens with zero attached hydrogens (tertiary/aromatic N) is 4. The number of hydrogen-bond donors (Lipinski definition) is 1. The zero-order valence-corrected chi connectivity index (χ0v) is 11.2. The van der Waals surface area contributed by atoms with E-state index in [1.54, 1.807) is 12.1 Å². The average molecular weight is 292 g/mol. The fourth-order valence-corrected chi connectivity index (χ4v) is 2.75. The molecule has 1 aliphatic rings. The predicted octanol–water partition coefficient (Wildman–Crippen LogP) is 3.02. The Morgan fingerprint density at radius 1 is 1.40 bits per heavy atom. The van der Waals surface area contributed by atoms with Gasteiger partial charge < -0.3 is 4.57 Å². The molecule has 0 bridgehead atoms. The summed E-state index contributed by atoms with van der Waals surface area (Å²) in [5.74, 6) is 0.791. The molecule has 1 fully saturated rings. The van der Waals surface area contributed by atoms with Gasteiger partial charge >= 0.3 is 0 Å². The Kier molecular flexibility index (Phi) is 2.53. The van der Waals surface area contributed by atoms with Crippen molar-refractivity contribution in [3.63, 3.8) is 0 Å². The van der Waals surface area contributed by atoms with Crippen molar-refractivity contribution < 1.29 is 4.39 Å². The SMILES string of the molecule is Fc1cn(CC2CC2)c2c(-c3nn[nH]n3)cc(Cl)cc12. The van der Waals surface area contributed by atoms with Gasteiger partial charge in [-0.05, 0) is 36.1 Å². The molecule has 3 aromatic rings. The number of nitrogens with one attached hydrogen (secondary N) is 1. The third-order valence-corrected chi connectivity index (χ3v) is 3.84. The van der Waals surface area contributed by atoms with Crippen LogP contribution in [0.4, 0.5) is 4.39 Å². The molecule has 7 heteroatoms. The van der Waals surface area contributed by atoms with E-state index in [9.17, 15) is 4.39 Å².